The van der Waals surface area contributed by atoms with Crippen molar-refractivity contribution in [2.75, 3.05) is 11.1 Å². The standard InChI is InChI=1S/C24H28N4O3S/c1-6-28-23(18(5)31-21-12-7-15(2)16(3)13-21)26-27-24(28)32-14-22(30)25-20-10-8-19(9-11-20)17(4)29/h7-13,18H,6,14H2,1-5H3,(H,25,30). The van der Waals surface area contributed by atoms with Gasteiger partial charge in [0.05, 0.1) is 5.75 Å². The lowest BCUT2D eigenvalue weighted by molar-refractivity contribution is -0.113. The maximum Gasteiger partial charge on any atom is 0.234 e. The Kier molecular flexibility index (Phi) is 7.69. The smallest absolute Gasteiger partial charge is 0.234 e. The maximum atomic E-state index is 12.4. The van der Waals surface area contributed by atoms with Gasteiger partial charge in [0, 0.05) is 17.8 Å². The van der Waals surface area contributed by atoms with Gasteiger partial charge in [0.1, 0.15) is 5.75 Å². The second-order valence-electron chi connectivity index (χ2n) is 7.56. The Hall–Kier alpha value is -3.13. The van der Waals surface area contributed by atoms with Crippen molar-refractivity contribution in [3.63, 3.8) is 0 Å². The molecule has 0 aliphatic heterocycles. The molecule has 1 N–H and O–H groups in total. The summed E-state index contributed by atoms with van der Waals surface area (Å²) >= 11 is 1.32. The van der Waals surface area contributed by atoms with Crippen molar-refractivity contribution >= 4 is 29.1 Å². The molecule has 0 radical (unpaired) electrons. The molecule has 0 saturated carbocycles. The molecule has 7 nitrogen and oxygen atoms in total. The van der Waals surface area contributed by atoms with Crippen LogP contribution in [0.4, 0.5) is 5.69 Å². The first kappa shape index (κ1) is 23.5. The zero-order chi connectivity index (χ0) is 23.3. The van der Waals surface area contributed by atoms with E-state index in [1.807, 2.05) is 36.6 Å². The van der Waals surface area contributed by atoms with Crippen LogP contribution in [0, 0.1) is 13.8 Å². The van der Waals surface area contributed by atoms with Crippen LogP contribution in [0.2, 0.25) is 0 Å². The Morgan fingerprint density at radius 1 is 1.09 bits per heavy atom. The highest BCUT2D eigenvalue weighted by molar-refractivity contribution is 7.99. The Balaban J connectivity index is 1.61. The summed E-state index contributed by atoms with van der Waals surface area (Å²) in [5, 5.41) is 12.1. The van der Waals surface area contributed by atoms with E-state index < -0.39 is 0 Å². The van der Waals surface area contributed by atoms with Crippen molar-refractivity contribution in [1.29, 1.82) is 0 Å². The van der Waals surface area contributed by atoms with Crippen LogP contribution in [-0.4, -0.2) is 32.2 Å². The molecular formula is C24H28N4O3S. The first-order valence-corrected chi connectivity index (χ1v) is 11.5. The van der Waals surface area contributed by atoms with Crippen molar-refractivity contribution in [2.45, 2.75) is 52.4 Å². The van der Waals surface area contributed by atoms with E-state index in [0.29, 0.717) is 28.8 Å². The first-order chi connectivity index (χ1) is 15.3. The molecule has 3 aromatic rings. The summed E-state index contributed by atoms with van der Waals surface area (Å²) in [6, 6.07) is 12.8. The number of rotatable bonds is 9. The van der Waals surface area contributed by atoms with Crippen molar-refractivity contribution in [3.8, 4) is 5.75 Å². The maximum absolute atomic E-state index is 12.4. The number of ketones is 1. The molecule has 0 bridgehead atoms. The Bertz CT molecular complexity index is 1110. The largest absolute Gasteiger partial charge is 0.483 e. The summed E-state index contributed by atoms with van der Waals surface area (Å²) in [6.45, 7) is 10.2. The highest BCUT2D eigenvalue weighted by atomic mass is 32.2. The van der Waals surface area contributed by atoms with Gasteiger partial charge in [0.2, 0.25) is 5.91 Å². The Labute approximate surface area is 192 Å². The number of hydrogen-bond acceptors (Lipinski definition) is 6. The highest BCUT2D eigenvalue weighted by Crippen LogP contribution is 2.26. The number of hydrogen-bond donors (Lipinski definition) is 1. The van der Waals surface area contributed by atoms with Gasteiger partial charge in [-0.15, -0.1) is 10.2 Å². The van der Waals surface area contributed by atoms with Crippen LogP contribution >= 0.6 is 11.8 Å². The molecule has 32 heavy (non-hydrogen) atoms. The molecule has 1 amide bonds. The van der Waals surface area contributed by atoms with Gasteiger partial charge in [0.25, 0.3) is 0 Å². The minimum Gasteiger partial charge on any atom is -0.483 e. The third kappa shape index (κ3) is 5.76. The fourth-order valence-electron chi connectivity index (χ4n) is 3.16. The predicted molar refractivity (Wildman–Crippen MR) is 126 cm³/mol. The molecule has 0 fully saturated rings. The number of nitrogens with zero attached hydrogens (tertiary/aromatic N) is 3. The summed E-state index contributed by atoms with van der Waals surface area (Å²) < 4.78 is 8.05. The second kappa shape index (κ2) is 10.5. The molecule has 0 spiro atoms. The summed E-state index contributed by atoms with van der Waals surface area (Å²) in [5.41, 5.74) is 3.64. The van der Waals surface area contributed by atoms with Crippen LogP contribution in [0.25, 0.3) is 0 Å². The van der Waals surface area contributed by atoms with Crippen molar-refractivity contribution in [2.24, 2.45) is 0 Å². The van der Waals surface area contributed by atoms with E-state index in [4.69, 9.17) is 4.74 Å². The average molecular weight is 453 g/mol. The molecule has 0 saturated heterocycles. The SMILES string of the molecule is CCn1c(SCC(=O)Nc2ccc(C(C)=O)cc2)nnc1C(C)Oc1ccc(C)c(C)c1. The molecule has 8 heteroatoms. The normalized spacial score (nSPS) is 11.8. The number of carbonyl (C=O) groups is 2. The summed E-state index contributed by atoms with van der Waals surface area (Å²) in [5.74, 6) is 1.53. The van der Waals surface area contributed by atoms with Gasteiger partial charge in [-0.3, -0.25) is 9.59 Å². The second-order valence-corrected chi connectivity index (χ2v) is 8.50. The minimum atomic E-state index is -0.285. The zero-order valence-corrected chi connectivity index (χ0v) is 19.8. The Morgan fingerprint density at radius 2 is 1.81 bits per heavy atom. The van der Waals surface area contributed by atoms with Crippen molar-refractivity contribution < 1.29 is 14.3 Å². The monoisotopic (exact) mass is 452 g/mol. The molecule has 1 unspecified atom stereocenters. The van der Waals surface area contributed by atoms with Crippen LogP contribution < -0.4 is 10.1 Å². The van der Waals surface area contributed by atoms with E-state index in [2.05, 4.69) is 29.4 Å². The predicted octanol–water partition coefficient (Wildman–Crippen LogP) is 4.99. The lowest BCUT2D eigenvalue weighted by atomic mass is 10.1. The number of Topliss-reactive ketones (excluding diaryl/α,β-unsaturated/α-hetero) is 1. The average Bonchev–Trinajstić information content (AvgIpc) is 3.18. The molecule has 3 rings (SSSR count). The number of aryl methyl sites for hydroxylation is 2. The zero-order valence-electron chi connectivity index (χ0n) is 19.0. The van der Waals surface area contributed by atoms with E-state index in [-0.39, 0.29) is 23.5 Å². The van der Waals surface area contributed by atoms with E-state index in [1.54, 1.807) is 24.3 Å². The van der Waals surface area contributed by atoms with Crippen LogP contribution in [0.1, 0.15) is 54.2 Å². The lowest BCUT2D eigenvalue weighted by Gasteiger charge is -2.16. The number of carbonyl (C=O) groups excluding carboxylic acids is 2. The van der Waals surface area contributed by atoms with Gasteiger partial charge in [0.15, 0.2) is 22.9 Å². The van der Waals surface area contributed by atoms with Gasteiger partial charge in [-0.1, -0.05) is 17.8 Å². The van der Waals surface area contributed by atoms with E-state index in [9.17, 15) is 9.59 Å². The van der Waals surface area contributed by atoms with E-state index in [0.717, 1.165) is 5.75 Å². The van der Waals surface area contributed by atoms with E-state index in [1.165, 1.54) is 29.8 Å². The van der Waals surface area contributed by atoms with Gasteiger partial charge < -0.3 is 14.6 Å². The minimum absolute atomic E-state index is 0.0103. The molecule has 1 atom stereocenters. The summed E-state index contributed by atoms with van der Waals surface area (Å²) in [4.78, 5) is 23.7. The van der Waals surface area contributed by atoms with Gasteiger partial charge >= 0.3 is 0 Å². The summed E-state index contributed by atoms with van der Waals surface area (Å²) in [7, 11) is 0. The molecular weight excluding hydrogens is 424 g/mol. The third-order valence-corrected chi connectivity index (χ3v) is 6.09. The van der Waals surface area contributed by atoms with Crippen LogP contribution in [0.15, 0.2) is 47.6 Å². The van der Waals surface area contributed by atoms with Crippen LogP contribution in [0.5, 0.6) is 5.75 Å². The fourth-order valence-corrected chi connectivity index (χ4v) is 3.97. The highest BCUT2D eigenvalue weighted by Gasteiger charge is 2.19. The summed E-state index contributed by atoms with van der Waals surface area (Å²) in [6.07, 6.45) is -0.285. The first-order valence-electron chi connectivity index (χ1n) is 10.5. The third-order valence-electron chi connectivity index (χ3n) is 5.12. The number of anilines is 1. The van der Waals surface area contributed by atoms with Gasteiger partial charge in [-0.2, -0.15) is 0 Å². The number of amides is 1. The molecule has 0 aliphatic rings. The van der Waals surface area contributed by atoms with Crippen LogP contribution in [0.3, 0.4) is 0 Å². The lowest BCUT2D eigenvalue weighted by Crippen LogP contribution is -2.15. The molecule has 0 aliphatic carbocycles. The molecule has 1 aromatic heterocycles. The fraction of sp³-hybridized carbons (Fsp3) is 0.333. The molecule has 168 valence electrons. The topological polar surface area (TPSA) is 86.1 Å². The van der Waals surface area contributed by atoms with Crippen LogP contribution in [-0.2, 0) is 11.3 Å². The number of ether oxygens (including phenoxy) is 1. The number of nitrogens with one attached hydrogen (secondary N) is 1. The van der Waals surface area contributed by atoms with Crippen molar-refractivity contribution in [1.82, 2.24) is 14.8 Å². The number of thioether (sulfide) groups is 1. The molecule has 2 aromatic carbocycles. The number of benzene rings is 2. The van der Waals surface area contributed by atoms with Gasteiger partial charge in [-0.05, 0) is 82.1 Å². The number of aromatic nitrogens is 3. The van der Waals surface area contributed by atoms with Gasteiger partial charge in [-0.25, -0.2) is 0 Å². The van der Waals surface area contributed by atoms with Crippen molar-refractivity contribution in [3.05, 3.63) is 65.0 Å². The Morgan fingerprint density at radius 3 is 2.44 bits per heavy atom. The molecule has 1 heterocycles. The quantitative estimate of drug-likeness (QED) is 0.364. The van der Waals surface area contributed by atoms with E-state index >= 15 is 0 Å².